The van der Waals surface area contributed by atoms with Gasteiger partial charge in [-0.1, -0.05) is 23.7 Å². The zero-order valence-electron chi connectivity index (χ0n) is 13.1. The quantitative estimate of drug-likeness (QED) is 0.710. The van der Waals surface area contributed by atoms with Crippen LogP contribution in [-0.4, -0.2) is 16.8 Å². The minimum absolute atomic E-state index is 0.399. The third-order valence-electron chi connectivity index (χ3n) is 3.56. The number of pyridine rings is 1. The highest BCUT2D eigenvalue weighted by Crippen LogP contribution is 2.18. The molecule has 0 unspecified atom stereocenters. The lowest BCUT2D eigenvalue weighted by Crippen LogP contribution is -2.41. The number of rotatable bonds is 3. The molecule has 0 saturated heterocycles. The van der Waals surface area contributed by atoms with E-state index < -0.39 is 11.8 Å². The van der Waals surface area contributed by atoms with Crippen LogP contribution in [0.2, 0.25) is 5.02 Å². The van der Waals surface area contributed by atoms with Gasteiger partial charge in [0.25, 0.3) is 11.8 Å². The third kappa shape index (κ3) is 4.22. The van der Waals surface area contributed by atoms with Gasteiger partial charge in [0, 0.05) is 28.5 Å². The summed E-state index contributed by atoms with van der Waals surface area (Å²) in [5.41, 5.74) is 7.59. The number of halogens is 1. The molecule has 0 aliphatic rings. The van der Waals surface area contributed by atoms with Crippen LogP contribution in [0.5, 0.6) is 0 Å². The van der Waals surface area contributed by atoms with E-state index in [1.165, 1.54) is 0 Å². The van der Waals surface area contributed by atoms with Gasteiger partial charge in [-0.05, 0) is 59.7 Å². The number of nitrogens with zero attached hydrogens (tertiary/aromatic N) is 1. The molecule has 1 heterocycles. The van der Waals surface area contributed by atoms with Gasteiger partial charge in [-0.3, -0.25) is 25.4 Å². The predicted molar refractivity (Wildman–Crippen MR) is 96.1 cm³/mol. The van der Waals surface area contributed by atoms with Crippen molar-refractivity contribution >= 4 is 23.4 Å². The smallest absolute Gasteiger partial charge is 0.267 e. The summed E-state index contributed by atoms with van der Waals surface area (Å²) in [4.78, 5) is 28.1. The number of hydrogen-bond acceptors (Lipinski definition) is 3. The van der Waals surface area contributed by atoms with E-state index in [1.807, 2.05) is 24.3 Å². The van der Waals surface area contributed by atoms with Crippen LogP contribution in [0.3, 0.4) is 0 Å². The summed E-state index contributed by atoms with van der Waals surface area (Å²) in [5.74, 6) is -0.818. The Bertz CT molecular complexity index is 879. The van der Waals surface area contributed by atoms with Crippen molar-refractivity contribution in [3.8, 4) is 11.1 Å². The highest BCUT2D eigenvalue weighted by molar-refractivity contribution is 6.30. The van der Waals surface area contributed by atoms with Crippen LogP contribution in [-0.2, 0) is 0 Å². The molecule has 25 heavy (non-hydrogen) atoms. The largest absolute Gasteiger partial charge is 0.269 e. The molecule has 0 atom stereocenters. The highest BCUT2D eigenvalue weighted by atomic mass is 35.5. The number of aromatic nitrogens is 1. The summed E-state index contributed by atoms with van der Waals surface area (Å²) in [7, 11) is 0. The molecule has 0 bridgehead atoms. The normalized spacial score (nSPS) is 10.1. The number of nitrogens with one attached hydrogen (secondary N) is 2. The van der Waals surface area contributed by atoms with E-state index in [0.29, 0.717) is 16.1 Å². The second-order valence-electron chi connectivity index (χ2n) is 5.23. The van der Waals surface area contributed by atoms with E-state index >= 15 is 0 Å². The van der Waals surface area contributed by atoms with E-state index in [1.54, 1.807) is 48.8 Å². The molecule has 2 N–H and O–H groups in total. The fourth-order valence-electron chi connectivity index (χ4n) is 2.22. The van der Waals surface area contributed by atoms with Crippen molar-refractivity contribution in [2.45, 2.75) is 0 Å². The number of carbonyl (C=O) groups excluding carboxylic acids is 2. The van der Waals surface area contributed by atoms with E-state index in [9.17, 15) is 9.59 Å². The van der Waals surface area contributed by atoms with Crippen molar-refractivity contribution in [3.05, 3.63) is 89.2 Å². The van der Waals surface area contributed by atoms with Gasteiger partial charge in [-0.25, -0.2) is 0 Å². The monoisotopic (exact) mass is 351 g/mol. The summed E-state index contributed by atoms with van der Waals surface area (Å²) >= 11 is 5.78. The standard InChI is InChI=1S/C19H14ClN3O2/c20-17-7-5-16(6-8-17)19(25)23-22-18(24)15-3-1-13(2-4-15)14-9-11-21-12-10-14/h1-12H,(H,22,24)(H,23,25). The summed E-state index contributed by atoms with van der Waals surface area (Å²) in [5, 5.41) is 0.537. The van der Waals surface area contributed by atoms with Crippen molar-refractivity contribution in [1.82, 2.24) is 15.8 Å². The lowest BCUT2D eigenvalue weighted by atomic mass is 10.1. The predicted octanol–water partition coefficient (Wildman–Crippen LogP) is 3.48. The first-order valence-corrected chi connectivity index (χ1v) is 7.88. The molecule has 0 spiro atoms. The number of benzene rings is 2. The second kappa shape index (κ2) is 7.59. The van der Waals surface area contributed by atoms with Crippen LogP contribution < -0.4 is 10.9 Å². The summed E-state index contributed by atoms with van der Waals surface area (Å²) in [6.45, 7) is 0. The van der Waals surface area contributed by atoms with Gasteiger partial charge >= 0.3 is 0 Å². The van der Waals surface area contributed by atoms with E-state index in [2.05, 4.69) is 15.8 Å². The van der Waals surface area contributed by atoms with Gasteiger partial charge in [-0.2, -0.15) is 0 Å². The molecule has 2 amide bonds. The Morgan fingerprint density at radius 1 is 0.680 bits per heavy atom. The second-order valence-corrected chi connectivity index (χ2v) is 5.66. The zero-order valence-corrected chi connectivity index (χ0v) is 13.8. The molecule has 124 valence electrons. The fraction of sp³-hybridized carbons (Fsp3) is 0. The summed E-state index contributed by atoms with van der Waals surface area (Å²) in [6.07, 6.45) is 3.42. The van der Waals surface area contributed by atoms with Gasteiger partial charge in [0.15, 0.2) is 0 Å². The van der Waals surface area contributed by atoms with Crippen molar-refractivity contribution in [2.75, 3.05) is 0 Å². The Morgan fingerprint density at radius 2 is 1.12 bits per heavy atom. The molecule has 5 nitrogen and oxygen atoms in total. The van der Waals surface area contributed by atoms with Gasteiger partial charge < -0.3 is 0 Å². The highest BCUT2D eigenvalue weighted by Gasteiger charge is 2.09. The van der Waals surface area contributed by atoms with Gasteiger partial charge in [0.05, 0.1) is 0 Å². The first-order valence-electron chi connectivity index (χ1n) is 7.50. The number of amides is 2. The van der Waals surface area contributed by atoms with Crippen LogP contribution in [0, 0.1) is 0 Å². The Hall–Kier alpha value is -3.18. The van der Waals surface area contributed by atoms with Crippen molar-refractivity contribution in [1.29, 1.82) is 0 Å². The van der Waals surface area contributed by atoms with Gasteiger partial charge in [-0.15, -0.1) is 0 Å². The number of hydrogen-bond donors (Lipinski definition) is 2. The molecule has 0 aliphatic heterocycles. The first-order chi connectivity index (χ1) is 12.1. The topological polar surface area (TPSA) is 71.1 Å². The minimum atomic E-state index is -0.418. The lowest BCUT2D eigenvalue weighted by molar-refractivity contribution is 0.0846. The molecule has 6 heteroatoms. The molecule has 0 fully saturated rings. The van der Waals surface area contributed by atoms with Gasteiger partial charge in [0.1, 0.15) is 0 Å². The maximum Gasteiger partial charge on any atom is 0.269 e. The van der Waals surface area contributed by atoms with Gasteiger partial charge in [0.2, 0.25) is 0 Å². The van der Waals surface area contributed by atoms with E-state index in [0.717, 1.165) is 11.1 Å². The Balaban J connectivity index is 1.61. The van der Waals surface area contributed by atoms with Crippen molar-refractivity contribution < 1.29 is 9.59 Å². The minimum Gasteiger partial charge on any atom is -0.267 e. The maximum absolute atomic E-state index is 12.1. The van der Waals surface area contributed by atoms with Crippen LogP contribution in [0.1, 0.15) is 20.7 Å². The molecule has 3 aromatic rings. The lowest BCUT2D eigenvalue weighted by Gasteiger charge is -2.08. The van der Waals surface area contributed by atoms with Crippen molar-refractivity contribution in [3.63, 3.8) is 0 Å². The molecule has 1 aromatic heterocycles. The Kier molecular flexibility index (Phi) is 5.06. The Labute approximate surface area is 149 Å². The Morgan fingerprint density at radius 3 is 1.64 bits per heavy atom. The van der Waals surface area contributed by atoms with E-state index in [4.69, 9.17) is 11.6 Å². The maximum atomic E-state index is 12.1. The molecular formula is C19H14ClN3O2. The molecule has 0 aliphatic carbocycles. The number of carbonyl (C=O) groups is 2. The van der Waals surface area contributed by atoms with Crippen LogP contribution in [0.15, 0.2) is 73.1 Å². The number of hydrazine groups is 1. The van der Waals surface area contributed by atoms with Crippen LogP contribution >= 0.6 is 11.6 Å². The fourth-order valence-corrected chi connectivity index (χ4v) is 2.34. The molecule has 3 rings (SSSR count). The SMILES string of the molecule is O=C(NNC(=O)c1ccc(-c2ccncc2)cc1)c1ccc(Cl)cc1. The average molecular weight is 352 g/mol. The summed E-state index contributed by atoms with van der Waals surface area (Å²) in [6, 6.07) is 17.2. The van der Waals surface area contributed by atoms with Crippen LogP contribution in [0.25, 0.3) is 11.1 Å². The summed E-state index contributed by atoms with van der Waals surface area (Å²) < 4.78 is 0. The molecular weight excluding hydrogens is 338 g/mol. The molecule has 0 radical (unpaired) electrons. The van der Waals surface area contributed by atoms with Crippen molar-refractivity contribution in [2.24, 2.45) is 0 Å². The van der Waals surface area contributed by atoms with Crippen LogP contribution in [0.4, 0.5) is 0 Å². The first kappa shape index (κ1) is 16.7. The average Bonchev–Trinajstić information content (AvgIpc) is 2.67. The molecule has 2 aromatic carbocycles. The van der Waals surface area contributed by atoms with E-state index in [-0.39, 0.29) is 0 Å². The molecule has 0 saturated carbocycles. The zero-order chi connectivity index (χ0) is 17.6. The third-order valence-corrected chi connectivity index (χ3v) is 3.81.